The molecule has 0 amide bonds. The van der Waals surface area contributed by atoms with Crippen molar-refractivity contribution in [3.63, 3.8) is 0 Å². The molecule has 0 bridgehead atoms. The first-order valence-corrected chi connectivity index (χ1v) is 10.4. The Balaban J connectivity index is 1.77. The fourth-order valence-corrected chi connectivity index (χ4v) is 3.85. The maximum Gasteiger partial charge on any atom is 0.416 e. The van der Waals surface area contributed by atoms with E-state index in [0.29, 0.717) is 24.4 Å². The van der Waals surface area contributed by atoms with Crippen molar-refractivity contribution in [3.05, 3.63) is 94.8 Å². The van der Waals surface area contributed by atoms with E-state index in [1.165, 1.54) is 18.2 Å². The van der Waals surface area contributed by atoms with Crippen LogP contribution in [0.2, 0.25) is 0 Å². The Morgan fingerprint density at radius 3 is 2.52 bits per heavy atom. The van der Waals surface area contributed by atoms with Gasteiger partial charge in [-0.2, -0.15) is 13.2 Å². The van der Waals surface area contributed by atoms with Crippen LogP contribution in [0.1, 0.15) is 39.8 Å². The fourth-order valence-electron chi connectivity index (χ4n) is 3.85. The predicted octanol–water partition coefficient (Wildman–Crippen LogP) is 5.79. The van der Waals surface area contributed by atoms with Crippen LogP contribution in [-0.4, -0.2) is 27.2 Å². The van der Waals surface area contributed by atoms with Gasteiger partial charge in [0.25, 0.3) is 0 Å². The molecule has 4 rings (SSSR count). The smallest absolute Gasteiger partial charge is 0.416 e. The molecule has 0 saturated heterocycles. The van der Waals surface area contributed by atoms with E-state index in [4.69, 9.17) is 4.74 Å². The number of ether oxygens (including phenoxy) is 1. The molecule has 0 atom stereocenters. The van der Waals surface area contributed by atoms with E-state index >= 15 is 0 Å². The molecule has 0 spiro atoms. The highest BCUT2D eigenvalue weighted by atomic mass is 19.4. The number of carboxylic acid groups (broad SMARTS) is 1. The van der Waals surface area contributed by atoms with Crippen LogP contribution in [0.5, 0.6) is 5.75 Å². The summed E-state index contributed by atoms with van der Waals surface area (Å²) in [4.78, 5) is 16.1. The monoisotopic (exact) mass is 454 g/mol. The molecular weight excluding hydrogens is 433 g/mol. The number of carbonyl (C=O) groups is 1. The van der Waals surface area contributed by atoms with Gasteiger partial charge in [0.1, 0.15) is 17.1 Å². The number of aromatic nitrogens is 2. The SMILES string of the molecule is CCOc1cc(Cc2nc3ccccc3n2Cc2ccccc2C(F)(F)F)ccc1C(=O)O. The predicted molar refractivity (Wildman–Crippen MR) is 118 cm³/mol. The maximum absolute atomic E-state index is 13.6. The summed E-state index contributed by atoms with van der Waals surface area (Å²) in [6.45, 7) is 2.06. The average Bonchev–Trinajstić information content (AvgIpc) is 3.10. The number of nitrogens with zero attached hydrogens (tertiary/aromatic N) is 2. The van der Waals surface area contributed by atoms with E-state index in [0.717, 1.165) is 17.1 Å². The van der Waals surface area contributed by atoms with Gasteiger partial charge in [-0.1, -0.05) is 36.4 Å². The standard InChI is InChI=1S/C25H21F3N2O3/c1-2-33-22-13-16(11-12-18(22)24(31)32)14-23-29-20-9-5-6-10-21(20)30(23)15-17-7-3-4-8-19(17)25(26,27)28/h3-13H,2,14-15H2,1H3,(H,31,32). The summed E-state index contributed by atoms with van der Waals surface area (Å²) >= 11 is 0. The van der Waals surface area contributed by atoms with Crippen LogP contribution in [0.15, 0.2) is 66.7 Å². The van der Waals surface area contributed by atoms with Crippen molar-refractivity contribution in [1.82, 2.24) is 9.55 Å². The first-order valence-electron chi connectivity index (χ1n) is 10.4. The summed E-state index contributed by atoms with van der Waals surface area (Å²) < 4.78 is 48.0. The molecule has 3 aromatic carbocycles. The quantitative estimate of drug-likeness (QED) is 0.384. The fraction of sp³-hybridized carbons (Fsp3) is 0.200. The third-order valence-electron chi connectivity index (χ3n) is 5.32. The number of hydrogen-bond donors (Lipinski definition) is 1. The topological polar surface area (TPSA) is 64.4 Å². The lowest BCUT2D eigenvalue weighted by Gasteiger charge is -2.15. The lowest BCUT2D eigenvalue weighted by molar-refractivity contribution is -0.138. The Morgan fingerprint density at radius 2 is 1.79 bits per heavy atom. The second kappa shape index (κ2) is 8.97. The molecule has 1 heterocycles. The molecule has 0 saturated carbocycles. The molecule has 0 aliphatic carbocycles. The van der Waals surface area contributed by atoms with Crippen LogP contribution in [0, 0.1) is 0 Å². The molecule has 4 aromatic rings. The van der Waals surface area contributed by atoms with E-state index < -0.39 is 17.7 Å². The number of carboxylic acids is 1. The first kappa shape index (κ1) is 22.4. The highest BCUT2D eigenvalue weighted by molar-refractivity contribution is 5.91. The normalized spacial score (nSPS) is 11.6. The van der Waals surface area contributed by atoms with Gasteiger partial charge in [-0.05, 0) is 48.4 Å². The van der Waals surface area contributed by atoms with Gasteiger partial charge in [-0.25, -0.2) is 9.78 Å². The van der Waals surface area contributed by atoms with Crippen molar-refractivity contribution in [3.8, 4) is 5.75 Å². The largest absolute Gasteiger partial charge is 0.493 e. The van der Waals surface area contributed by atoms with Gasteiger partial charge >= 0.3 is 12.1 Å². The Bertz CT molecular complexity index is 1310. The van der Waals surface area contributed by atoms with Crippen molar-refractivity contribution >= 4 is 17.0 Å². The zero-order valence-corrected chi connectivity index (χ0v) is 17.8. The number of aromatic carboxylic acids is 1. The minimum absolute atomic E-state index is 0.00292. The summed E-state index contributed by atoms with van der Waals surface area (Å²) in [5.74, 6) is -0.285. The summed E-state index contributed by atoms with van der Waals surface area (Å²) in [5.41, 5.74) is 1.64. The van der Waals surface area contributed by atoms with Gasteiger partial charge in [0.15, 0.2) is 0 Å². The summed E-state index contributed by atoms with van der Waals surface area (Å²) in [6.07, 6.45) is -4.17. The highest BCUT2D eigenvalue weighted by Gasteiger charge is 2.33. The zero-order chi connectivity index (χ0) is 23.6. The lowest BCUT2D eigenvalue weighted by Crippen LogP contribution is -2.13. The molecule has 0 unspecified atom stereocenters. The van der Waals surface area contributed by atoms with Crippen molar-refractivity contribution in [2.75, 3.05) is 6.61 Å². The van der Waals surface area contributed by atoms with Gasteiger partial charge in [0.2, 0.25) is 0 Å². The Hall–Kier alpha value is -3.81. The van der Waals surface area contributed by atoms with Gasteiger partial charge < -0.3 is 14.4 Å². The molecule has 33 heavy (non-hydrogen) atoms. The highest BCUT2D eigenvalue weighted by Crippen LogP contribution is 2.33. The van der Waals surface area contributed by atoms with Crippen molar-refractivity contribution in [2.24, 2.45) is 0 Å². The van der Waals surface area contributed by atoms with Gasteiger partial charge in [0, 0.05) is 13.0 Å². The van der Waals surface area contributed by atoms with Crippen LogP contribution >= 0.6 is 0 Å². The first-order chi connectivity index (χ1) is 15.8. The lowest BCUT2D eigenvalue weighted by atomic mass is 10.1. The molecule has 0 radical (unpaired) electrons. The number of alkyl halides is 3. The van der Waals surface area contributed by atoms with Gasteiger partial charge in [-0.15, -0.1) is 0 Å². The van der Waals surface area contributed by atoms with Crippen LogP contribution in [0.4, 0.5) is 13.2 Å². The average molecular weight is 454 g/mol. The summed E-state index contributed by atoms with van der Waals surface area (Å²) in [7, 11) is 0. The van der Waals surface area contributed by atoms with Gasteiger partial charge in [-0.3, -0.25) is 0 Å². The van der Waals surface area contributed by atoms with Crippen molar-refractivity contribution in [1.29, 1.82) is 0 Å². The molecule has 5 nitrogen and oxygen atoms in total. The molecule has 170 valence electrons. The molecule has 0 fully saturated rings. The number of benzene rings is 3. The van der Waals surface area contributed by atoms with Crippen LogP contribution in [0.25, 0.3) is 11.0 Å². The second-order valence-electron chi connectivity index (χ2n) is 7.50. The third kappa shape index (κ3) is 4.69. The van der Waals surface area contributed by atoms with E-state index in [2.05, 4.69) is 4.98 Å². The minimum Gasteiger partial charge on any atom is -0.493 e. The third-order valence-corrected chi connectivity index (χ3v) is 5.32. The maximum atomic E-state index is 13.6. The van der Waals surface area contributed by atoms with Crippen LogP contribution in [-0.2, 0) is 19.1 Å². The summed E-state index contributed by atoms with van der Waals surface area (Å²) in [6, 6.07) is 17.5. The molecular formula is C25H21F3N2O3. The van der Waals surface area contributed by atoms with E-state index in [9.17, 15) is 23.1 Å². The molecule has 1 aromatic heterocycles. The van der Waals surface area contributed by atoms with E-state index in [1.54, 1.807) is 29.7 Å². The number of imidazole rings is 1. The number of hydrogen-bond acceptors (Lipinski definition) is 3. The Labute approximate surface area is 188 Å². The van der Waals surface area contributed by atoms with E-state index in [1.807, 2.05) is 24.3 Å². The second-order valence-corrected chi connectivity index (χ2v) is 7.50. The molecule has 1 N–H and O–H groups in total. The Kier molecular flexibility index (Phi) is 6.09. The van der Waals surface area contributed by atoms with Gasteiger partial charge in [0.05, 0.1) is 23.2 Å². The van der Waals surface area contributed by atoms with Crippen LogP contribution in [0.3, 0.4) is 0 Å². The molecule has 8 heteroatoms. The molecule has 0 aliphatic heterocycles. The number of rotatable bonds is 7. The van der Waals surface area contributed by atoms with Crippen molar-refractivity contribution in [2.45, 2.75) is 26.1 Å². The Morgan fingerprint density at radius 1 is 1.06 bits per heavy atom. The minimum atomic E-state index is -4.47. The number of fused-ring (bicyclic) bond motifs is 1. The summed E-state index contributed by atoms with van der Waals surface area (Å²) in [5, 5.41) is 9.38. The molecule has 0 aliphatic rings. The van der Waals surface area contributed by atoms with E-state index in [-0.39, 0.29) is 23.4 Å². The zero-order valence-electron chi connectivity index (χ0n) is 17.8. The number of halogens is 3. The van der Waals surface area contributed by atoms with Crippen LogP contribution < -0.4 is 4.74 Å². The number of para-hydroxylation sites is 2. The van der Waals surface area contributed by atoms with Crippen molar-refractivity contribution < 1.29 is 27.8 Å².